The van der Waals surface area contributed by atoms with Gasteiger partial charge in [0.15, 0.2) is 0 Å². The molecule has 0 saturated heterocycles. The third kappa shape index (κ3) is 1.83. The van der Waals surface area contributed by atoms with E-state index in [9.17, 15) is 4.39 Å². The quantitative estimate of drug-likeness (QED) is 0.682. The molecule has 0 amide bonds. The normalized spacial score (nSPS) is 9.58. The Bertz CT molecular complexity index is 296. The van der Waals surface area contributed by atoms with Gasteiger partial charge >= 0.3 is 0 Å². The van der Waals surface area contributed by atoms with Crippen LogP contribution in [0.4, 0.5) is 4.39 Å². The minimum atomic E-state index is -0.337. The van der Waals surface area contributed by atoms with E-state index >= 15 is 0 Å². The Morgan fingerprint density at radius 1 is 1.58 bits per heavy atom. The molecule has 0 saturated carbocycles. The Morgan fingerprint density at radius 3 is 2.75 bits per heavy atom. The highest BCUT2D eigenvalue weighted by Gasteiger charge is 2.02. The van der Waals surface area contributed by atoms with Crippen molar-refractivity contribution in [3.05, 3.63) is 42.2 Å². The smallest absolute Gasteiger partial charge is 0.123 e. The van der Waals surface area contributed by atoms with Gasteiger partial charge in [0.05, 0.1) is 5.70 Å². The van der Waals surface area contributed by atoms with E-state index in [1.54, 1.807) is 12.1 Å². The summed E-state index contributed by atoms with van der Waals surface area (Å²) < 4.78 is 12.6. The summed E-state index contributed by atoms with van der Waals surface area (Å²) in [5, 5.41) is 9.83. The molecule has 12 heavy (non-hydrogen) atoms. The van der Waals surface area contributed by atoms with Gasteiger partial charge in [-0.25, -0.2) is 4.39 Å². The van der Waals surface area contributed by atoms with Gasteiger partial charge in [-0.05, 0) is 12.1 Å². The lowest BCUT2D eigenvalue weighted by Crippen LogP contribution is -2.09. The summed E-state index contributed by atoms with van der Waals surface area (Å²) in [5.41, 5.74) is 0.939. The number of hydrogen-bond donors (Lipinski definition) is 1. The van der Waals surface area contributed by atoms with Gasteiger partial charge in [-0.1, -0.05) is 18.7 Å². The average molecular weight is 167 g/mol. The molecule has 0 fully saturated rings. The van der Waals surface area contributed by atoms with Crippen molar-refractivity contribution in [2.75, 3.05) is 7.05 Å². The Morgan fingerprint density at radius 2 is 2.25 bits per heavy atom. The van der Waals surface area contributed by atoms with Crippen LogP contribution in [-0.2, 0) is 0 Å². The van der Waals surface area contributed by atoms with Gasteiger partial charge in [0.2, 0.25) is 0 Å². The first kappa shape index (κ1) is 8.74. The van der Waals surface area contributed by atoms with Gasteiger partial charge in [-0.15, -0.1) is 0 Å². The first-order valence-corrected chi connectivity index (χ1v) is 3.48. The molecule has 0 atom stereocenters. The maximum Gasteiger partial charge on any atom is 0.123 e. The second-order valence-corrected chi connectivity index (χ2v) is 2.48. The average Bonchev–Trinajstić information content (AvgIpc) is 2.03. The van der Waals surface area contributed by atoms with Crippen LogP contribution >= 0.6 is 0 Å². The molecule has 0 aliphatic rings. The molecular formula is C9H10FNO. The molecule has 3 heteroatoms. The van der Waals surface area contributed by atoms with Crippen molar-refractivity contribution in [3.63, 3.8) is 0 Å². The lowest BCUT2D eigenvalue weighted by Gasteiger charge is -2.13. The molecule has 1 N–H and O–H groups in total. The van der Waals surface area contributed by atoms with Crippen molar-refractivity contribution in [2.24, 2.45) is 0 Å². The third-order valence-electron chi connectivity index (χ3n) is 1.55. The summed E-state index contributed by atoms with van der Waals surface area (Å²) in [6, 6.07) is 5.90. The molecule has 1 rings (SSSR count). The molecule has 0 heterocycles. The molecule has 1 aromatic rings. The van der Waals surface area contributed by atoms with E-state index in [0.717, 1.165) is 5.06 Å². The predicted octanol–water partition coefficient (Wildman–Crippen LogP) is 2.12. The first-order valence-electron chi connectivity index (χ1n) is 3.48. The van der Waals surface area contributed by atoms with Gasteiger partial charge in [0.1, 0.15) is 5.82 Å². The van der Waals surface area contributed by atoms with Crippen LogP contribution < -0.4 is 0 Å². The molecule has 0 unspecified atom stereocenters. The summed E-state index contributed by atoms with van der Waals surface area (Å²) >= 11 is 0. The maximum atomic E-state index is 12.6. The number of halogens is 1. The van der Waals surface area contributed by atoms with Crippen LogP contribution in [-0.4, -0.2) is 17.3 Å². The SMILES string of the molecule is C=C(c1cccc(F)c1)N(C)O. The highest BCUT2D eigenvalue weighted by Crippen LogP contribution is 2.14. The molecule has 0 aromatic heterocycles. The Labute approximate surface area is 70.5 Å². The van der Waals surface area contributed by atoms with Gasteiger partial charge in [0.25, 0.3) is 0 Å². The van der Waals surface area contributed by atoms with Gasteiger partial charge in [-0.3, -0.25) is 10.3 Å². The summed E-state index contributed by atoms with van der Waals surface area (Å²) in [6.07, 6.45) is 0. The summed E-state index contributed by atoms with van der Waals surface area (Å²) in [6.45, 7) is 3.57. The minimum absolute atomic E-state index is 0.337. The van der Waals surface area contributed by atoms with Crippen molar-refractivity contribution < 1.29 is 9.60 Å². The van der Waals surface area contributed by atoms with Crippen LogP contribution in [0.2, 0.25) is 0 Å². The second kappa shape index (κ2) is 3.36. The number of hydrogen-bond acceptors (Lipinski definition) is 2. The molecule has 0 aliphatic carbocycles. The molecule has 1 aromatic carbocycles. The minimum Gasteiger partial charge on any atom is -0.289 e. The van der Waals surface area contributed by atoms with E-state index in [4.69, 9.17) is 5.21 Å². The summed E-state index contributed by atoms with van der Waals surface area (Å²) in [5.74, 6) is -0.337. The molecule has 0 bridgehead atoms. The van der Waals surface area contributed by atoms with E-state index in [-0.39, 0.29) is 5.82 Å². The van der Waals surface area contributed by atoms with Crippen LogP contribution in [0.3, 0.4) is 0 Å². The van der Waals surface area contributed by atoms with Crippen LogP contribution in [0, 0.1) is 5.82 Å². The lowest BCUT2D eigenvalue weighted by molar-refractivity contribution is 0.00108. The Kier molecular flexibility index (Phi) is 2.45. The van der Waals surface area contributed by atoms with Gasteiger partial charge < -0.3 is 0 Å². The molecule has 0 aliphatic heterocycles. The number of rotatable bonds is 2. The topological polar surface area (TPSA) is 23.5 Å². The Hall–Kier alpha value is -1.35. The molecular weight excluding hydrogens is 157 g/mol. The van der Waals surface area contributed by atoms with E-state index in [0.29, 0.717) is 11.3 Å². The predicted molar refractivity (Wildman–Crippen MR) is 45.0 cm³/mol. The highest BCUT2D eigenvalue weighted by molar-refractivity contribution is 5.60. The third-order valence-corrected chi connectivity index (χ3v) is 1.55. The van der Waals surface area contributed by atoms with Crippen LogP contribution in [0.5, 0.6) is 0 Å². The molecule has 64 valence electrons. The van der Waals surface area contributed by atoms with E-state index in [1.807, 2.05) is 0 Å². The lowest BCUT2D eigenvalue weighted by atomic mass is 10.2. The van der Waals surface area contributed by atoms with Crippen LogP contribution in [0.15, 0.2) is 30.8 Å². The molecule has 0 radical (unpaired) electrons. The monoisotopic (exact) mass is 167 g/mol. The van der Waals surface area contributed by atoms with Crippen molar-refractivity contribution in [3.8, 4) is 0 Å². The summed E-state index contributed by atoms with van der Waals surface area (Å²) in [4.78, 5) is 0. The second-order valence-electron chi connectivity index (χ2n) is 2.48. The number of nitrogens with zero attached hydrogens (tertiary/aromatic N) is 1. The van der Waals surface area contributed by atoms with Crippen LogP contribution in [0.25, 0.3) is 5.70 Å². The Balaban J connectivity index is 2.96. The van der Waals surface area contributed by atoms with Crippen molar-refractivity contribution in [2.45, 2.75) is 0 Å². The fourth-order valence-corrected chi connectivity index (χ4v) is 0.855. The maximum absolute atomic E-state index is 12.6. The first-order chi connectivity index (χ1) is 5.61. The standard InChI is InChI=1S/C9H10FNO/c1-7(11(2)12)8-4-3-5-9(10)6-8/h3-6,12H,1H2,2H3. The number of hydroxylamine groups is 2. The van der Waals surface area contributed by atoms with Gasteiger partial charge in [0, 0.05) is 12.6 Å². The van der Waals surface area contributed by atoms with E-state index in [1.165, 1.54) is 19.2 Å². The van der Waals surface area contributed by atoms with Crippen molar-refractivity contribution in [1.82, 2.24) is 5.06 Å². The van der Waals surface area contributed by atoms with Crippen LogP contribution in [0.1, 0.15) is 5.56 Å². The fraction of sp³-hybridized carbons (Fsp3) is 0.111. The van der Waals surface area contributed by atoms with E-state index < -0.39 is 0 Å². The largest absolute Gasteiger partial charge is 0.289 e. The zero-order valence-corrected chi connectivity index (χ0v) is 6.79. The van der Waals surface area contributed by atoms with Gasteiger partial charge in [-0.2, -0.15) is 0 Å². The van der Waals surface area contributed by atoms with Crippen molar-refractivity contribution in [1.29, 1.82) is 0 Å². The fourth-order valence-electron chi connectivity index (χ4n) is 0.855. The summed E-state index contributed by atoms with van der Waals surface area (Å²) in [7, 11) is 1.44. The zero-order chi connectivity index (χ0) is 9.14. The highest BCUT2D eigenvalue weighted by atomic mass is 19.1. The number of benzene rings is 1. The van der Waals surface area contributed by atoms with Crippen molar-refractivity contribution >= 4 is 5.70 Å². The van der Waals surface area contributed by atoms with E-state index in [2.05, 4.69) is 6.58 Å². The molecule has 2 nitrogen and oxygen atoms in total. The molecule has 0 spiro atoms. The zero-order valence-electron chi connectivity index (χ0n) is 6.79.